The average Bonchev–Trinajstić information content (AvgIpc) is 3.16. The molecule has 4 aromatic rings. The third kappa shape index (κ3) is 6.31. The Morgan fingerprint density at radius 2 is 1.12 bits per heavy atom. The van der Waals surface area contributed by atoms with E-state index in [4.69, 9.17) is 37.9 Å². The Morgan fingerprint density at radius 3 is 1.79 bits per heavy atom. The number of nitrogens with zero attached hydrogens (tertiary/aromatic N) is 2. The van der Waals surface area contributed by atoms with E-state index in [0.717, 1.165) is 71.9 Å². The van der Waals surface area contributed by atoms with Crippen molar-refractivity contribution in [3.05, 3.63) is 75.8 Å². The monoisotopic (exact) mass is 732 g/mol. The summed E-state index contributed by atoms with van der Waals surface area (Å²) >= 11 is 0. The molecule has 0 radical (unpaired) electrons. The molecule has 1 aliphatic carbocycles. The number of likely N-dealkylation sites (N-methyl/N-ethyl adjacent to an activating group) is 2. The van der Waals surface area contributed by atoms with Gasteiger partial charge in [-0.3, -0.25) is 9.80 Å². The van der Waals surface area contributed by atoms with Gasteiger partial charge in [-0.2, -0.15) is 0 Å². The molecule has 4 aromatic carbocycles. The molecule has 0 aromatic heterocycles. The highest BCUT2D eigenvalue weighted by Crippen LogP contribution is 2.54. The highest BCUT2D eigenvalue weighted by atomic mass is 35.5. The zero-order chi connectivity index (χ0) is 36.0. The smallest absolute Gasteiger partial charge is 0.169 e. The predicted octanol–water partition coefficient (Wildman–Crippen LogP) is 7.48. The molecule has 11 heteroatoms. The van der Waals surface area contributed by atoms with E-state index in [9.17, 15) is 0 Å². The van der Waals surface area contributed by atoms with Crippen LogP contribution in [0.5, 0.6) is 51.7 Å². The Bertz CT molecular complexity index is 1970. The second-order valence-corrected chi connectivity index (χ2v) is 13.4. The molecule has 7 rings (SSSR count). The molecular weight excluding hydrogens is 684 g/mol. The minimum Gasteiger partial charge on any atom is -0.493 e. The van der Waals surface area contributed by atoms with Crippen molar-refractivity contribution >= 4 is 12.4 Å². The SMILES string of the molecule is COc1cc(CC2c3cc(OC)c(OC)cc3CCN2C)c(Oc2cc3c(cc2OC)-c2c(OC)c(OC)cc4c2[C@H](C3)N(C)CC4)cc1OC.Cl. The highest BCUT2D eigenvalue weighted by molar-refractivity contribution is 5.86. The number of rotatable bonds is 11. The molecule has 0 N–H and O–H groups in total. The standard InChI is InChI=1S/C41H48N2O8.ClH/c1-42-12-10-23-16-32(44-3)34(46-5)20-27(23)29(42)15-26-19-33(45-4)36(48-7)22-31(26)51-37-18-25-14-30-39-24(11-13-43(30)2)17-38(49-8)41(50-9)40(39)28(25)21-35(37)47-6;/h16-22,29-30H,10-15H2,1-9H3;1H/t29?,30-;/m0./s1. The van der Waals surface area contributed by atoms with E-state index in [1.54, 1.807) is 49.8 Å². The minimum absolute atomic E-state index is 0. The first-order chi connectivity index (χ1) is 24.8. The Hall–Kier alpha value is -4.51. The molecular formula is C41H49ClN2O8. The van der Waals surface area contributed by atoms with Gasteiger partial charge >= 0.3 is 0 Å². The lowest BCUT2D eigenvalue weighted by atomic mass is 9.76. The zero-order valence-electron chi connectivity index (χ0n) is 31.5. The summed E-state index contributed by atoms with van der Waals surface area (Å²) in [5, 5.41) is 0. The van der Waals surface area contributed by atoms with Gasteiger partial charge in [0.05, 0.1) is 49.8 Å². The van der Waals surface area contributed by atoms with Crippen molar-refractivity contribution in [3.63, 3.8) is 0 Å². The molecule has 0 saturated heterocycles. The maximum atomic E-state index is 6.92. The van der Waals surface area contributed by atoms with Crippen LogP contribution in [0.1, 0.15) is 45.5 Å². The second kappa shape index (κ2) is 15.2. The number of methoxy groups -OCH3 is 7. The molecule has 0 bridgehead atoms. The molecule has 10 nitrogen and oxygen atoms in total. The Balaban J connectivity index is 0.00000464. The van der Waals surface area contributed by atoms with Crippen molar-refractivity contribution in [2.45, 2.75) is 37.8 Å². The first-order valence-electron chi connectivity index (χ1n) is 17.3. The van der Waals surface area contributed by atoms with Crippen LogP contribution in [0.2, 0.25) is 0 Å². The van der Waals surface area contributed by atoms with Crippen LogP contribution in [0.25, 0.3) is 11.1 Å². The van der Waals surface area contributed by atoms with Crippen molar-refractivity contribution in [2.75, 3.05) is 77.0 Å². The average molecular weight is 733 g/mol. The normalized spacial score (nSPS) is 17.5. The maximum Gasteiger partial charge on any atom is 0.169 e. The van der Waals surface area contributed by atoms with Gasteiger partial charge in [0.15, 0.2) is 46.0 Å². The Labute approximate surface area is 312 Å². The first-order valence-corrected chi connectivity index (χ1v) is 17.3. The van der Waals surface area contributed by atoms with Crippen LogP contribution in [0, 0.1) is 0 Å². The van der Waals surface area contributed by atoms with Gasteiger partial charge < -0.3 is 37.9 Å². The largest absolute Gasteiger partial charge is 0.493 e. The Kier molecular flexibility index (Phi) is 10.9. The lowest BCUT2D eigenvalue weighted by Gasteiger charge is -2.40. The predicted molar refractivity (Wildman–Crippen MR) is 204 cm³/mol. The maximum absolute atomic E-state index is 6.92. The zero-order valence-corrected chi connectivity index (χ0v) is 32.3. The lowest BCUT2D eigenvalue weighted by Crippen LogP contribution is -2.35. The van der Waals surface area contributed by atoms with Crippen LogP contribution in [0.4, 0.5) is 0 Å². The van der Waals surface area contributed by atoms with E-state index in [0.29, 0.717) is 40.9 Å². The quantitative estimate of drug-likeness (QED) is 0.155. The summed E-state index contributed by atoms with van der Waals surface area (Å²) in [6.07, 6.45) is 3.35. The summed E-state index contributed by atoms with van der Waals surface area (Å²) in [7, 11) is 16.1. The van der Waals surface area contributed by atoms with Crippen LogP contribution < -0.4 is 37.9 Å². The number of hydrogen-bond donors (Lipinski definition) is 0. The van der Waals surface area contributed by atoms with Crippen LogP contribution in [-0.4, -0.2) is 86.8 Å². The summed E-state index contributed by atoms with van der Waals surface area (Å²) in [4.78, 5) is 4.81. The number of halogens is 1. The van der Waals surface area contributed by atoms with Gasteiger partial charge in [0.25, 0.3) is 0 Å². The summed E-state index contributed by atoms with van der Waals surface area (Å²) < 4.78 is 47.8. The Morgan fingerprint density at radius 1 is 0.558 bits per heavy atom. The van der Waals surface area contributed by atoms with Crippen molar-refractivity contribution in [2.24, 2.45) is 0 Å². The van der Waals surface area contributed by atoms with E-state index in [-0.39, 0.29) is 24.5 Å². The van der Waals surface area contributed by atoms with Crippen molar-refractivity contribution in [1.82, 2.24) is 9.80 Å². The fourth-order valence-corrected chi connectivity index (χ4v) is 8.20. The molecule has 52 heavy (non-hydrogen) atoms. The minimum atomic E-state index is 0. The van der Waals surface area contributed by atoms with E-state index < -0.39 is 0 Å². The van der Waals surface area contributed by atoms with Crippen molar-refractivity contribution in [1.29, 1.82) is 0 Å². The summed E-state index contributed by atoms with van der Waals surface area (Å²) in [5.41, 5.74) is 9.31. The second-order valence-electron chi connectivity index (χ2n) is 13.4. The highest BCUT2D eigenvalue weighted by Gasteiger charge is 2.37. The summed E-state index contributed by atoms with van der Waals surface area (Å²) in [6, 6.07) is 14.7. The molecule has 0 spiro atoms. The molecule has 2 aliphatic heterocycles. The van der Waals surface area contributed by atoms with E-state index in [2.05, 4.69) is 54.2 Å². The third-order valence-corrected chi connectivity index (χ3v) is 10.9. The van der Waals surface area contributed by atoms with E-state index in [1.807, 2.05) is 12.1 Å². The van der Waals surface area contributed by atoms with Crippen molar-refractivity contribution in [3.8, 4) is 62.9 Å². The molecule has 1 unspecified atom stereocenters. The number of ether oxygens (including phenoxy) is 8. The summed E-state index contributed by atoms with van der Waals surface area (Å²) in [5.74, 6) is 6.05. The number of fused-ring (bicyclic) bond motifs is 3. The fourth-order valence-electron chi connectivity index (χ4n) is 8.20. The van der Waals surface area contributed by atoms with Gasteiger partial charge in [-0.15, -0.1) is 12.4 Å². The number of benzene rings is 4. The third-order valence-electron chi connectivity index (χ3n) is 10.9. The van der Waals surface area contributed by atoms with Gasteiger partial charge in [-0.1, -0.05) is 0 Å². The van der Waals surface area contributed by atoms with Gasteiger partial charge in [-0.05, 0) is 110 Å². The number of hydrogen-bond acceptors (Lipinski definition) is 10. The molecule has 0 fully saturated rings. The molecule has 0 saturated carbocycles. The molecule has 2 heterocycles. The van der Waals surface area contributed by atoms with Crippen LogP contribution in [0.15, 0.2) is 42.5 Å². The van der Waals surface area contributed by atoms with Gasteiger partial charge in [0.1, 0.15) is 5.75 Å². The van der Waals surface area contributed by atoms with Crippen molar-refractivity contribution < 1.29 is 37.9 Å². The topological polar surface area (TPSA) is 80.3 Å². The van der Waals surface area contributed by atoms with E-state index >= 15 is 0 Å². The van der Waals surface area contributed by atoms with Crippen LogP contribution in [-0.2, 0) is 25.7 Å². The first kappa shape index (κ1) is 37.3. The van der Waals surface area contributed by atoms with Gasteiger partial charge in [0.2, 0.25) is 0 Å². The summed E-state index contributed by atoms with van der Waals surface area (Å²) in [6.45, 7) is 1.87. The van der Waals surface area contributed by atoms with Crippen LogP contribution >= 0.6 is 12.4 Å². The molecule has 0 amide bonds. The molecule has 3 aliphatic rings. The lowest BCUT2D eigenvalue weighted by molar-refractivity contribution is 0.226. The van der Waals surface area contributed by atoms with Gasteiger partial charge in [0, 0.05) is 42.4 Å². The fraction of sp³-hybridized carbons (Fsp3) is 0.415. The van der Waals surface area contributed by atoms with Gasteiger partial charge in [-0.25, -0.2) is 0 Å². The van der Waals surface area contributed by atoms with E-state index in [1.165, 1.54) is 22.3 Å². The molecule has 278 valence electrons. The molecule has 2 atom stereocenters. The van der Waals surface area contributed by atoms with Crippen LogP contribution in [0.3, 0.4) is 0 Å².